The van der Waals surface area contributed by atoms with Crippen molar-refractivity contribution >= 4 is 18.0 Å². The lowest BCUT2D eigenvalue weighted by Gasteiger charge is -2.07. The molecule has 0 aliphatic carbocycles. The number of aryl methyl sites for hydroxylation is 2. The van der Waals surface area contributed by atoms with Crippen LogP contribution in [-0.4, -0.2) is 23.7 Å². The maximum Gasteiger partial charge on any atom is 0.433 e. The molecule has 1 aromatic carbocycles. The number of carbonyl (C=O) groups is 1. The van der Waals surface area contributed by atoms with Crippen molar-refractivity contribution in [2.24, 2.45) is 5.10 Å². The summed E-state index contributed by atoms with van der Waals surface area (Å²) in [6.45, 7) is 3.68. The summed E-state index contributed by atoms with van der Waals surface area (Å²) in [6, 6.07) is 8.23. The highest BCUT2D eigenvalue weighted by Crippen LogP contribution is 2.16. The number of rotatable bonds is 6. The SMILES string of the molecule is Cc1cc(C)cc(OCC(=O)NN=Cc2ccc([N+](=O)[O-])o2)c1. The average Bonchev–Trinajstić information content (AvgIpc) is 2.93. The van der Waals surface area contributed by atoms with Crippen LogP contribution in [0.3, 0.4) is 0 Å². The molecule has 0 saturated carbocycles. The van der Waals surface area contributed by atoms with Crippen LogP contribution in [0.25, 0.3) is 0 Å². The number of amides is 1. The van der Waals surface area contributed by atoms with Gasteiger partial charge in [0.15, 0.2) is 12.4 Å². The monoisotopic (exact) mass is 317 g/mol. The number of nitro groups is 1. The summed E-state index contributed by atoms with van der Waals surface area (Å²) < 4.78 is 10.2. The molecule has 2 aromatic rings. The van der Waals surface area contributed by atoms with Crippen LogP contribution in [0.5, 0.6) is 5.75 Å². The first-order valence-corrected chi connectivity index (χ1v) is 6.71. The summed E-state index contributed by atoms with van der Waals surface area (Å²) in [5.41, 5.74) is 4.32. The maximum atomic E-state index is 11.6. The predicted molar refractivity (Wildman–Crippen MR) is 82.5 cm³/mol. The Morgan fingerprint density at radius 2 is 2.04 bits per heavy atom. The zero-order valence-electron chi connectivity index (χ0n) is 12.6. The van der Waals surface area contributed by atoms with Gasteiger partial charge in [-0.15, -0.1) is 0 Å². The van der Waals surface area contributed by atoms with Crippen molar-refractivity contribution in [1.29, 1.82) is 0 Å². The zero-order valence-corrected chi connectivity index (χ0v) is 12.6. The van der Waals surface area contributed by atoms with Gasteiger partial charge in [0.1, 0.15) is 10.7 Å². The van der Waals surface area contributed by atoms with Crippen LogP contribution < -0.4 is 10.2 Å². The van der Waals surface area contributed by atoms with Gasteiger partial charge in [-0.05, 0) is 43.2 Å². The average molecular weight is 317 g/mol. The van der Waals surface area contributed by atoms with Crippen molar-refractivity contribution in [3.05, 3.63) is 57.3 Å². The topological polar surface area (TPSA) is 107 Å². The number of hydrogen-bond donors (Lipinski definition) is 1. The smallest absolute Gasteiger partial charge is 0.433 e. The van der Waals surface area contributed by atoms with E-state index in [1.54, 1.807) is 0 Å². The Kier molecular flexibility index (Phi) is 5.08. The number of nitrogens with zero attached hydrogens (tertiary/aromatic N) is 2. The normalized spacial score (nSPS) is 10.7. The third-order valence-corrected chi connectivity index (χ3v) is 2.74. The number of furan rings is 1. The molecular weight excluding hydrogens is 302 g/mol. The van der Waals surface area contributed by atoms with Crippen molar-refractivity contribution in [2.45, 2.75) is 13.8 Å². The molecule has 120 valence electrons. The third kappa shape index (κ3) is 4.95. The van der Waals surface area contributed by atoms with Gasteiger partial charge < -0.3 is 9.15 Å². The van der Waals surface area contributed by atoms with Crippen molar-refractivity contribution in [3.63, 3.8) is 0 Å². The number of hydrogen-bond acceptors (Lipinski definition) is 6. The van der Waals surface area contributed by atoms with E-state index in [0.29, 0.717) is 5.75 Å². The van der Waals surface area contributed by atoms with Crippen molar-refractivity contribution < 1.29 is 18.9 Å². The van der Waals surface area contributed by atoms with E-state index in [4.69, 9.17) is 9.15 Å². The molecule has 2 rings (SSSR count). The largest absolute Gasteiger partial charge is 0.484 e. The van der Waals surface area contributed by atoms with Crippen molar-refractivity contribution in [1.82, 2.24) is 5.43 Å². The molecule has 0 atom stereocenters. The highest BCUT2D eigenvalue weighted by Gasteiger charge is 2.10. The first-order chi connectivity index (χ1) is 10.9. The summed E-state index contributed by atoms with van der Waals surface area (Å²) >= 11 is 0. The highest BCUT2D eigenvalue weighted by atomic mass is 16.6. The van der Waals surface area contributed by atoms with E-state index in [-0.39, 0.29) is 12.4 Å². The number of ether oxygens (including phenoxy) is 1. The van der Waals surface area contributed by atoms with Crippen LogP contribution >= 0.6 is 0 Å². The number of hydrazone groups is 1. The molecule has 8 heteroatoms. The van der Waals surface area contributed by atoms with E-state index in [1.165, 1.54) is 18.3 Å². The molecule has 1 amide bonds. The minimum absolute atomic E-state index is 0.159. The Balaban J connectivity index is 1.82. The third-order valence-electron chi connectivity index (χ3n) is 2.74. The van der Waals surface area contributed by atoms with E-state index in [0.717, 1.165) is 11.1 Å². The lowest BCUT2D eigenvalue weighted by molar-refractivity contribution is -0.402. The van der Waals surface area contributed by atoms with Gasteiger partial charge in [-0.3, -0.25) is 14.9 Å². The Labute approximate surface area is 131 Å². The Morgan fingerprint density at radius 1 is 1.35 bits per heavy atom. The zero-order chi connectivity index (χ0) is 16.8. The first-order valence-electron chi connectivity index (χ1n) is 6.71. The lowest BCUT2D eigenvalue weighted by Crippen LogP contribution is -2.24. The van der Waals surface area contributed by atoms with Gasteiger partial charge in [0, 0.05) is 0 Å². The summed E-state index contributed by atoms with van der Waals surface area (Å²) in [6.07, 6.45) is 1.17. The van der Waals surface area contributed by atoms with Gasteiger partial charge in [-0.25, -0.2) is 5.43 Å². The van der Waals surface area contributed by atoms with Crippen molar-refractivity contribution in [3.8, 4) is 5.75 Å². The molecular formula is C15H15N3O5. The Bertz CT molecular complexity index is 731. The summed E-state index contributed by atoms with van der Waals surface area (Å²) in [5, 5.41) is 14.1. The van der Waals surface area contributed by atoms with Crippen LogP contribution in [0, 0.1) is 24.0 Å². The minimum Gasteiger partial charge on any atom is -0.484 e. The van der Waals surface area contributed by atoms with Crippen LogP contribution in [0.1, 0.15) is 16.9 Å². The second-order valence-electron chi connectivity index (χ2n) is 4.84. The van der Waals surface area contributed by atoms with E-state index >= 15 is 0 Å². The molecule has 1 N–H and O–H groups in total. The van der Waals surface area contributed by atoms with Gasteiger partial charge in [0.2, 0.25) is 0 Å². The molecule has 0 radical (unpaired) electrons. The van der Waals surface area contributed by atoms with Gasteiger partial charge in [0.05, 0.1) is 12.3 Å². The molecule has 0 fully saturated rings. The van der Waals surface area contributed by atoms with Gasteiger partial charge in [-0.1, -0.05) is 6.07 Å². The second-order valence-corrected chi connectivity index (χ2v) is 4.84. The van der Waals surface area contributed by atoms with Gasteiger partial charge >= 0.3 is 5.88 Å². The lowest BCUT2D eigenvalue weighted by atomic mass is 10.1. The van der Waals surface area contributed by atoms with Crippen LogP contribution in [0.2, 0.25) is 0 Å². The standard InChI is InChI=1S/C15H15N3O5/c1-10-5-11(2)7-13(6-10)22-9-14(19)17-16-8-12-3-4-15(23-12)18(20)21/h3-8H,9H2,1-2H3,(H,17,19). The van der Waals surface area contributed by atoms with E-state index in [2.05, 4.69) is 10.5 Å². The summed E-state index contributed by atoms with van der Waals surface area (Å²) in [7, 11) is 0. The van der Waals surface area contributed by atoms with Gasteiger partial charge in [-0.2, -0.15) is 5.10 Å². The number of nitrogens with one attached hydrogen (secondary N) is 1. The molecule has 1 heterocycles. The fourth-order valence-corrected chi connectivity index (χ4v) is 1.88. The maximum absolute atomic E-state index is 11.6. The fraction of sp³-hybridized carbons (Fsp3) is 0.200. The molecule has 0 bridgehead atoms. The van der Waals surface area contributed by atoms with E-state index < -0.39 is 16.7 Å². The quantitative estimate of drug-likeness (QED) is 0.500. The second kappa shape index (κ2) is 7.21. The molecule has 0 saturated heterocycles. The molecule has 0 unspecified atom stereocenters. The van der Waals surface area contributed by atoms with Crippen LogP contribution in [0.15, 0.2) is 39.9 Å². The van der Waals surface area contributed by atoms with Crippen LogP contribution in [-0.2, 0) is 4.79 Å². The molecule has 0 spiro atoms. The summed E-state index contributed by atoms with van der Waals surface area (Å²) in [4.78, 5) is 21.4. The molecule has 8 nitrogen and oxygen atoms in total. The number of carbonyl (C=O) groups excluding carboxylic acids is 1. The predicted octanol–water partition coefficient (Wildman–Crippen LogP) is 2.33. The first kappa shape index (κ1) is 16.2. The Hall–Kier alpha value is -3.16. The Morgan fingerprint density at radius 3 is 2.65 bits per heavy atom. The molecule has 23 heavy (non-hydrogen) atoms. The fourth-order valence-electron chi connectivity index (χ4n) is 1.88. The van der Waals surface area contributed by atoms with E-state index in [1.807, 2.05) is 32.0 Å². The molecule has 1 aromatic heterocycles. The molecule has 0 aliphatic heterocycles. The van der Waals surface area contributed by atoms with E-state index in [9.17, 15) is 14.9 Å². The minimum atomic E-state index is -0.659. The highest BCUT2D eigenvalue weighted by molar-refractivity contribution is 5.81. The molecule has 0 aliphatic rings. The number of benzene rings is 1. The van der Waals surface area contributed by atoms with Crippen molar-refractivity contribution in [2.75, 3.05) is 6.61 Å². The van der Waals surface area contributed by atoms with Gasteiger partial charge in [0.25, 0.3) is 5.91 Å². The summed E-state index contributed by atoms with van der Waals surface area (Å²) in [5.74, 6) is -0.0899. The van der Waals surface area contributed by atoms with Crippen LogP contribution in [0.4, 0.5) is 5.88 Å².